The highest BCUT2D eigenvalue weighted by molar-refractivity contribution is 14.1. The summed E-state index contributed by atoms with van der Waals surface area (Å²) in [6.07, 6.45) is -4.75. The second-order valence-corrected chi connectivity index (χ2v) is 7.87. The summed E-state index contributed by atoms with van der Waals surface area (Å²) in [4.78, 5) is 2.35. The molecule has 1 rings (SSSR count). The Labute approximate surface area is 146 Å². The molecule has 0 aromatic rings. The molecular weight excluding hydrogens is 408 g/mol. The van der Waals surface area contributed by atoms with E-state index < -0.39 is 17.7 Å². The fourth-order valence-electron chi connectivity index (χ4n) is 3.51. The van der Waals surface area contributed by atoms with Crippen molar-refractivity contribution in [2.45, 2.75) is 52.8 Å². The third-order valence-corrected chi connectivity index (χ3v) is 5.16. The maximum absolute atomic E-state index is 13.2. The molecule has 0 radical (unpaired) electrons. The number of piperazine rings is 1. The van der Waals surface area contributed by atoms with E-state index in [1.165, 1.54) is 23.0 Å². The van der Waals surface area contributed by atoms with Crippen LogP contribution in [-0.2, 0) is 3.07 Å². The van der Waals surface area contributed by atoms with E-state index in [2.05, 4.69) is 24.1 Å². The quantitative estimate of drug-likeness (QED) is 0.611. The molecule has 1 saturated heterocycles. The Morgan fingerprint density at radius 1 is 1.18 bits per heavy atom. The Kier molecular flexibility index (Phi) is 7.42. The van der Waals surface area contributed by atoms with Crippen LogP contribution >= 0.6 is 23.0 Å². The van der Waals surface area contributed by atoms with E-state index in [0.717, 1.165) is 39.1 Å². The van der Waals surface area contributed by atoms with Crippen molar-refractivity contribution >= 4 is 23.0 Å². The van der Waals surface area contributed by atoms with Crippen LogP contribution in [0.2, 0.25) is 0 Å². The van der Waals surface area contributed by atoms with Crippen LogP contribution in [0, 0.1) is 10.8 Å². The van der Waals surface area contributed by atoms with Gasteiger partial charge in [0, 0.05) is 38.1 Å². The monoisotopic (exact) mass is 436 g/mol. The van der Waals surface area contributed by atoms with E-state index in [0.29, 0.717) is 6.42 Å². The van der Waals surface area contributed by atoms with E-state index in [9.17, 15) is 13.2 Å². The maximum Gasteiger partial charge on any atom is 0.416 e. The summed E-state index contributed by atoms with van der Waals surface area (Å²) in [6.45, 7) is 12.1. The first-order chi connectivity index (χ1) is 10.0. The van der Waals surface area contributed by atoms with Gasteiger partial charge in [-0.3, -0.25) is 0 Å². The van der Waals surface area contributed by atoms with Gasteiger partial charge in [-0.1, -0.05) is 27.7 Å². The molecule has 0 saturated carbocycles. The number of hydrogen-bond acceptors (Lipinski definition) is 3. The van der Waals surface area contributed by atoms with Crippen molar-refractivity contribution in [1.29, 1.82) is 0 Å². The molecule has 2 unspecified atom stereocenters. The molecule has 0 bridgehead atoms. The lowest BCUT2D eigenvalue weighted by Gasteiger charge is -2.43. The third kappa shape index (κ3) is 5.79. The fourth-order valence-corrected chi connectivity index (χ4v) is 4.49. The van der Waals surface area contributed by atoms with Gasteiger partial charge in [0.05, 0.1) is 0 Å². The molecular formula is C15H28F3IN2O. The van der Waals surface area contributed by atoms with Gasteiger partial charge >= 0.3 is 6.18 Å². The normalized spacial score (nSPS) is 22.4. The zero-order valence-corrected chi connectivity index (χ0v) is 16.1. The van der Waals surface area contributed by atoms with Gasteiger partial charge in [-0.05, 0) is 18.3 Å². The molecule has 7 heteroatoms. The zero-order chi connectivity index (χ0) is 17.0. The predicted molar refractivity (Wildman–Crippen MR) is 91.1 cm³/mol. The number of nitrogens with zero attached hydrogens (tertiary/aromatic N) is 1. The third-order valence-electron chi connectivity index (χ3n) is 4.65. The molecule has 3 nitrogen and oxygen atoms in total. The lowest BCUT2D eigenvalue weighted by molar-refractivity contribution is -0.219. The molecule has 1 fully saturated rings. The SMILES string of the molecule is CCC(C)(CN1CCNCC1)CC(C)(C)C(OI)C(F)(F)F. The van der Waals surface area contributed by atoms with Crippen LogP contribution in [0.3, 0.4) is 0 Å². The molecule has 0 spiro atoms. The van der Waals surface area contributed by atoms with Gasteiger partial charge in [0.1, 0.15) is 23.0 Å². The molecule has 132 valence electrons. The van der Waals surface area contributed by atoms with Crippen molar-refractivity contribution in [3.63, 3.8) is 0 Å². The summed E-state index contributed by atoms with van der Waals surface area (Å²) in [5, 5.41) is 3.30. The first-order valence-corrected chi connectivity index (χ1v) is 8.69. The number of halogens is 4. The second-order valence-electron chi connectivity index (χ2n) is 7.37. The lowest BCUT2D eigenvalue weighted by atomic mass is 9.69. The summed E-state index contributed by atoms with van der Waals surface area (Å²) in [5.41, 5.74) is -1.11. The van der Waals surface area contributed by atoms with Crippen LogP contribution in [-0.4, -0.2) is 49.9 Å². The standard InChI is InChI=1S/C15H28F3IN2O/c1-5-14(4,11-21-8-6-20-7-9-21)10-13(2,3)12(22-19)15(16,17)18/h12,20H,5-11H2,1-4H3. The molecule has 1 aliphatic heterocycles. The molecule has 1 aliphatic rings. The molecule has 22 heavy (non-hydrogen) atoms. The topological polar surface area (TPSA) is 24.5 Å². The van der Waals surface area contributed by atoms with E-state index in [4.69, 9.17) is 3.07 Å². The minimum Gasteiger partial charge on any atom is -0.314 e. The Morgan fingerprint density at radius 2 is 1.73 bits per heavy atom. The second kappa shape index (κ2) is 7.98. The fraction of sp³-hybridized carbons (Fsp3) is 1.00. The van der Waals surface area contributed by atoms with E-state index in [1.54, 1.807) is 13.8 Å². The van der Waals surface area contributed by atoms with E-state index in [-0.39, 0.29) is 5.41 Å². The van der Waals surface area contributed by atoms with Crippen molar-refractivity contribution in [3.8, 4) is 0 Å². The number of hydrogen-bond donors (Lipinski definition) is 1. The molecule has 0 aromatic carbocycles. The average molecular weight is 436 g/mol. The van der Waals surface area contributed by atoms with Crippen molar-refractivity contribution in [2.24, 2.45) is 10.8 Å². The molecule has 0 amide bonds. The van der Waals surface area contributed by atoms with Crippen molar-refractivity contribution in [3.05, 3.63) is 0 Å². The van der Waals surface area contributed by atoms with Crippen LogP contribution < -0.4 is 5.32 Å². The number of nitrogens with one attached hydrogen (secondary N) is 1. The minimum absolute atomic E-state index is 0.153. The average Bonchev–Trinajstić information content (AvgIpc) is 2.37. The Morgan fingerprint density at radius 3 is 2.14 bits per heavy atom. The highest BCUT2D eigenvalue weighted by Gasteiger charge is 2.52. The Balaban J connectivity index is 2.80. The van der Waals surface area contributed by atoms with Gasteiger partial charge in [-0.25, -0.2) is 0 Å². The summed E-state index contributed by atoms with van der Waals surface area (Å²) in [5.74, 6) is 0. The number of alkyl halides is 3. The summed E-state index contributed by atoms with van der Waals surface area (Å²) < 4.78 is 44.4. The highest BCUT2D eigenvalue weighted by atomic mass is 127. The van der Waals surface area contributed by atoms with Crippen molar-refractivity contribution in [1.82, 2.24) is 10.2 Å². The van der Waals surface area contributed by atoms with Crippen LogP contribution in [0.5, 0.6) is 0 Å². The maximum atomic E-state index is 13.2. The molecule has 1 heterocycles. The summed E-state index contributed by atoms with van der Waals surface area (Å²) in [7, 11) is 0. The molecule has 1 N–H and O–H groups in total. The predicted octanol–water partition coefficient (Wildman–Crippen LogP) is 4.02. The van der Waals surface area contributed by atoms with E-state index in [1.807, 2.05) is 0 Å². The van der Waals surface area contributed by atoms with Gasteiger partial charge in [0.2, 0.25) is 0 Å². The van der Waals surface area contributed by atoms with Gasteiger partial charge in [0.25, 0.3) is 0 Å². The first-order valence-electron chi connectivity index (χ1n) is 7.81. The Hall–Kier alpha value is 0.400. The zero-order valence-electron chi connectivity index (χ0n) is 13.9. The minimum atomic E-state index is -4.34. The number of rotatable bonds is 7. The van der Waals surface area contributed by atoms with Crippen molar-refractivity contribution < 1.29 is 16.2 Å². The van der Waals surface area contributed by atoms with Gasteiger partial charge in [0.15, 0.2) is 6.10 Å². The van der Waals surface area contributed by atoms with Gasteiger partial charge in [-0.2, -0.15) is 13.2 Å². The first kappa shape index (κ1) is 20.4. The highest BCUT2D eigenvalue weighted by Crippen LogP contribution is 2.45. The van der Waals surface area contributed by atoms with E-state index >= 15 is 0 Å². The van der Waals surface area contributed by atoms with Crippen LogP contribution in [0.1, 0.15) is 40.5 Å². The summed E-state index contributed by atoms with van der Waals surface area (Å²) >= 11 is 1.38. The Bertz CT molecular complexity index is 346. The van der Waals surface area contributed by atoms with Crippen LogP contribution in [0.25, 0.3) is 0 Å². The van der Waals surface area contributed by atoms with Crippen LogP contribution in [0.4, 0.5) is 13.2 Å². The molecule has 2 atom stereocenters. The van der Waals surface area contributed by atoms with Gasteiger partial charge < -0.3 is 13.3 Å². The molecule has 0 aliphatic carbocycles. The van der Waals surface area contributed by atoms with Crippen molar-refractivity contribution in [2.75, 3.05) is 32.7 Å². The smallest absolute Gasteiger partial charge is 0.314 e. The van der Waals surface area contributed by atoms with Gasteiger partial charge in [-0.15, -0.1) is 0 Å². The molecule has 0 aromatic heterocycles. The lowest BCUT2D eigenvalue weighted by Crippen LogP contribution is -2.50. The summed E-state index contributed by atoms with van der Waals surface area (Å²) in [6, 6.07) is 0. The van der Waals surface area contributed by atoms with Crippen LogP contribution in [0.15, 0.2) is 0 Å². The largest absolute Gasteiger partial charge is 0.416 e.